The Bertz CT molecular complexity index is 307. The van der Waals surface area contributed by atoms with Crippen molar-refractivity contribution in [3.8, 4) is 0 Å². The fourth-order valence-corrected chi connectivity index (χ4v) is 1.87. The lowest BCUT2D eigenvalue weighted by Gasteiger charge is -2.23. The fraction of sp³-hybridized carbons (Fsp3) is 0.867. The van der Waals surface area contributed by atoms with Gasteiger partial charge in [0, 0.05) is 13.1 Å². The molecule has 0 aromatic rings. The van der Waals surface area contributed by atoms with Gasteiger partial charge in [-0.2, -0.15) is 0 Å². The van der Waals surface area contributed by atoms with Crippen LogP contribution in [0, 0.1) is 11.3 Å². The highest BCUT2D eigenvalue weighted by Gasteiger charge is 2.31. The summed E-state index contributed by atoms with van der Waals surface area (Å²) in [4.78, 5) is 22.8. The predicted octanol–water partition coefficient (Wildman–Crippen LogP) is 3.00. The average molecular weight is 286 g/mol. The van der Waals surface area contributed by atoms with E-state index < -0.39 is 11.4 Å². The number of urea groups is 1. The third kappa shape index (κ3) is 6.78. The predicted molar refractivity (Wildman–Crippen MR) is 80.7 cm³/mol. The van der Waals surface area contributed by atoms with E-state index in [0.717, 1.165) is 19.3 Å². The van der Waals surface area contributed by atoms with E-state index in [1.165, 1.54) is 6.42 Å². The minimum Gasteiger partial charge on any atom is -0.481 e. The van der Waals surface area contributed by atoms with Gasteiger partial charge in [0.1, 0.15) is 0 Å². The molecule has 0 heterocycles. The Balaban J connectivity index is 4.07. The topological polar surface area (TPSA) is 78.4 Å². The number of carbonyl (C=O) groups excluding carboxylic acids is 1. The van der Waals surface area contributed by atoms with Crippen LogP contribution in [-0.2, 0) is 4.79 Å². The molecule has 5 nitrogen and oxygen atoms in total. The van der Waals surface area contributed by atoms with Gasteiger partial charge in [-0.3, -0.25) is 4.79 Å². The molecule has 0 saturated heterocycles. The molecule has 0 rings (SSSR count). The van der Waals surface area contributed by atoms with E-state index in [2.05, 4.69) is 24.5 Å². The first-order valence-electron chi connectivity index (χ1n) is 7.64. The molecule has 0 spiro atoms. The molecule has 0 aromatic heterocycles. The molecule has 0 bridgehead atoms. The third-order valence-electron chi connectivity index (χ3n) is 4.03. The van der Waals surface area contributed by atoms with E-state index in [1.807, 2.05) is 6.92 Å². The van der Waals surface area contributed by atoms with Crippen LogP contribution in [0.1, 0.15) is 59.8 Å². The standard InChI is InChI=1S/C15H30N2O3/c1-5-8-9-12(6-2)10-16-14(20)17-11-15(4,7-3)13(18)19/h12H,5-11H2,1-4H3,(H,18,19)(H2,16,17,20). The first kappa shape index (κ1) is 18.7. The number of hydrogen-bond donors (Lipinski definition) is 3. The summed E-state index contributed by atoms with van der Waals surface area (Å²) in [6.45, 7) is 8.54. The van der Waals surface area contributed by atoms with Crippen LogP contribution in [0.15, 0.2) is 0 Å². The number of carbonyl (C=O) groups is 2. The Kier molecular flexibility index (Phi) is 9.01. The summed E-state index contributed by atoms with van der Waals surface area (Å²) >= 11 is 0. The Morgan fingerprint density at radius 2 is 1.85 bits per heavy atom. The van der Waals surface area contributed by atoms with Crippen molar-refractivity contribution in [3.05, 3.63) is 0 Å². The van der Waals surface area contributed by atoms with Crippen molar-refractivity contribution in [1.82, 2.24) is 10.6 Å². The normalized spacial score (nSPS) is 15.2. The van der Waals surface area contributed by atoms with E-state index in [1.54, 1.807) is 6.92 Å². The van der Waals surface area contributed by atoms with Gasteiger partial charge in [-0.25, -0.2) is 4.79 Å². The van der Waals surface area contributed by atoms with Gasteiger partial charge in [-0.1, -0.05) is 40.0 Å². The molecule has 0 aliphatic heterocycles. The monoisotopic (exact) mass is 286 g/mol. The second-order valence-corrected chi connectivity index (χ2v) is 5.70. The Morgan fingerprint density at radius 1 is 1.20 bits per heavy atom. The number of unbranched alkanes of at least 4 members (excludes halogenated alkanes) is 1. The fourth-order valence-electron chi connectivity index (χ4n) is 1.87. The maximum Gasteiger partial charge on any atom is 0.314 e. The van der Waals surface area contributed by atoms with Crippen molar-refractivity contribution in [2.24, 2.45) is 11.3 Å². The second kappa shape index (κ2) is 9.61. The summed E-state index contributed by atoms with van der Waals surface area (Å²) in [5, 5.41) is 14.6. The lowest BCUT2D eigenvalue weighted by Crippen LogP contribution is -2.45. The van der Waals surface area contributed by atoms with Gasteiger partial charge < -0.3 is 15.7 Å². The van der Waals surface area contributed by atoms with Gasteiger partial charge in [-0.15, -0.1) is 0 Å². The highest BCUT2D eigenvalue weighted by molar-refractivity contribution is 5.77. The van der Waals surface area contributed by atoms with Gasteiger partial charge in [0.15, 0.2) is 0 Å². The van der Waals surface area contributed by atoms with Gasteiger partial charge in [-0.05, 0) is 25.7 Å². The molecule has 2 amide bonds. The van der Waals surface area contributed by atoms with Crippen LogP contribution >= 0.6 is 0 Å². The minimum absolute atomic E-state index is 0.149. The van der Waals surface area contributed by atoms with Crippen LogP contribution in [0.4, 0.5) is 4.79 Å². The number of rotatable bonds is 10. The minimum atomic E-state index is -0.899. The second-order valence-electron chi connectivity index (χ2n) is 5.70. The van der Waals surface area contributed by atoms with Crippen LogP contribution in [0.2, 0.25) is 0 Å². The molecule has 118 valence electrons. The molecule has 0 aliphatic rings. The van der Waals surface area contributed by atoms with E-state index in [0.29, 0.717) is 18.9 Å². The first-order valence-corrected chi connectivity index (χ1v) is 7.64. The quantitative estimate of drug-likeness (QED) is 0.577. The van der Waals surface area contributed by atoms with E-state index >= 15 is 0 Å². The molecular weight excluding hydrogens is 256 g/mol. The number of nitrogens with one attached hydrogen (secondary N) is 2. The Labute approximate surface area is 122 Å². The average Bonchev–Trinajstić information content (AvgIpc) is 2.44. The zero-order chi connectivity index (χ0) is 15.6. The largest absolute Gasteiger partial charge is 0.481 e. The van der Waals surface area contributed by atoms with E-state index in [9.17, 15) is 9.59 Å². The number of hydrogen-bond acceptors (Lipinski definition) is 2. The molecule has 0 radical (unpaired) electrons. The number of aliphatic carboxylic acids is 1. The van der Waals surface area contributed by atoms with Crippen molar-refractivity contribution < 1.29 is 14.7 Å². The van der Waals surface area contributed by atoms with Crippen LogP contribution in [0.25, 0.3) is 0 Å². The summed E-state index contributed by atoms with van der Waals surface area (Å²) in [7, 11) is 0. The van der Waals surface area contributed by atoms with Crippen molar-refractivity contribution in [2.45, 2.75) is 59.8 Å². The Hall–Kier alpha value is -1.26. The highest BCUT2D eigenvalue weighted by atomic mass is 16.4. The lowest BCUT2D eigenvalue weighted by molar-refractivity contribution is -0.147. The summed E-state index contributed by atoms with van der Waals surface area (Å²) in [5.74, 6) is -0.382. The van der Waals surface area contributed by atoms with Crippen LogP contribution in [0.3, 0.4) is 0 Å². The highest BCUT2D eigenvalue weighted by Crippen LogP contribution is 2.19. The van der Waals surface area contributed by atoms with Gasteiger partial charge in [0.2, 0.25) is 0 Å². The molecule has 20 heavy (non-hydrogen) atoms. The number of carboxylic acid groups (broad SMARTS) is 1. The van der Waals surface area contributed by atoms with Crippen molar-refractivity contribution >= 4 is 12.0 Å². The molecule has 3 N–H and O–H groups in total. The molecular formula is C15H30N2O3. The Morgan fingerprint density at radius 3 is 2.30 bits per heavy atom. The maximum atomic E-state index is 11.7. The molecule has 5 heteroatoms. The summed E-state index contributed by atoms with van der Waals surface area (Å²) < 4.78 is 0. The van der Waals surface area contributed by atoms with Crippen LogP contribution < -0.4 is 10.6 Å². The van der Waals surface area contributed by atoms with Crippen LogP contribution in [-0.4, -0.2) is 30.2 Å². The lowest BCUT2D eigenvalue weighted by atomic mass is 9.88. The van der Waals surface area contributed by atoms with Gasteiger partial charge in [0.05, 0.1) is 5.41 Å². The molecule has 0 saturated carbocycles. The van der Waals surface area contributed by atoms with Gasteiger partial charge in [0.25, 0.3) is 0 Å². The molecule has 2 atom stereocenters. The summed E-state index contributed by atoms with van der Waals surface area (Å²) in [5.41, 5.74) is -0.899. The molecule has 0 aliphatic carbocycles. The van der Waals surface area contributed by atoms with Crippen LogP contribution in [0.5, 0.6) is 0 Å². The SMILES string of the molecule is CCCCC(CC)CNC(=O)NCC(C)(CC)C(=O)O. The summed E-state index contributed by atoms with van der Waals surface area (Å²) in [6, 6.07) is -0.277. The molecule has 0 fully saturated rings. The van der Waals surface area contributed by atoms with E-state index in [-0.39, 0.29) is 12.6 Å². The summed E-state index contributed by atoms with van der Waals surface area (Å²) in [6.07, 6.45) is 4.98. The molecule has 2 unspecified atom stereocenters. The van der Waals surface area contributed by atoms with Gasteiger partial charge >= 0.3 is 12.0 Å². The number of amides is 2. The maximum absolute atomic E-state index is 11.7. The zero-order valence-corrected chi connectivity index (χ0v) is 13.3. The zero-order valence-electron chi connectivity index (χ0n) is 13.3. The molecule has 0 aromatic carbocycles. The van der Waals surface area contributed by atoms with Crippen molar-refractivity contribution in [2.75, 3.05) is 13.1 Å². The first-order chi connectivity index (χ1) is 9.39. The third-order valence-corrected chi connectivity index (χ3v) is 4.03. The smallest absolute Gasteiger partial charge is 0.314 e. The van der Waals surface area contributed by atoms with E-state index in [4.69, 9.17) is 5.11 Å². The van der Waals surface area contributed by atoms with Crippen molar-refractivity contribution in [3.63, 3.8) is 0 Å². The number of carboxylic acids is 1. The van der Waals surface area contributed by atoms with Crippen molar-refractivity contribution in [1.29, 1.82) is 0 Å².